The van der Waals surface area contributed by atoms with E-state index in [2.05, 4.69) is 42.8 Å². The second-order valence-electron chi connectivity index (χ2n) is 3.65. The minimum atomic E-state index is 0.630. The zero-order chi connectivity index (χ0) is 11.8. The maximum Gasteiger partial charge on any atom is 0.182 e. The van der Waals surface area contributed by atoms with Gasteiger partial charge >= 0.3 is 0 Å². The van der Waals surface area contributed by atoms with Crippen molar-refractivity contribution in [2.24, 2.45) is 0 Å². The standard InChI is InChI=1S/C11H8IN5/c1-7-5-14-16-11(15-7)8-2-3-17-9(12)6-13-10(17)4-8/h2-6H,1H3. The topological polar surface area (TPSA) is 56.0 Å². The summed E-state index contributed by atoms with van der Waals surface area (Å²) in [5, 5.41) is 7.93. The Bertz CT molecular complexity index is 691. The molecule has 0 aliphatic carbocycles. The first-order valence-electron chi connectivity index (χ1n) is 5.03. The van der Waals surface area contributed by atoms with Crippen LogP contribution in [0, 0.1) is 10.6 Å². The summed E-state index contributed by atoms with van der Waals surface area (Å²) in [5.41, 5.74) is 2.67. The van der Waals surface area contributed by atoms with Gasteiger partial charge in [-0.1, -0.05) is 0 Å². The van der Waals surface area contributed by atoms with E-state index in [4.69, 9.17) is 0 Å². The molecule has 0 bridgehead atoms. The van der Waals surface area contributed by atoms with Crippen molar-refractivity contribution < 1.29 is 0 Å². The van der Waals surface area contributed by atoms with Crippen LogP contribution in [0.2, 0.25) is 0 Å². The van der Waals surface area contributed by atoms with Gasteiger partial charge in [0.15, 0.2) is 5.82 Å². The smallest absolute Gasteiger partial charge is 0.182 e. The molecule has 0 aliphatic heterocycles. The minimum absolute atomic E-state index is 0.630. The molecule has 17 heavy (non-hydrogen) atoms. The van der Waals surface area contributed by atoms with Crippen LogP contribution in [0.3, 0.4) is 0 Å². The molecule has 3 aromatic rings. The minimum Gasteiger partial charge on any atom is -0.295 e. The van der Waals surface area contributed by atoms with E-state index in [0.29, 0.717) is 5.82 Å². The van der Waals surface area contributed by atoms with Crippen molar-refractivity contribution in [2.45, 2.75) is 6.92 Å². The zero-order valence-corrected chi connectivity index (χ0v) is 11.2. The quantitative estimate of drug-likeness (QED) is 0.638. The summed E-state index contributed by atoms with van der Waals surface area (Å²) in [7, 11) is 0. The van der Waals surface area contributed by atoms with Crippen molar-refractivity contribution >= 4 is 28.2 Å². The molecule has 0 saturated heterocycles. The average molecular weight is 337 g/mol. The summed E-state index contributed by atoms with van der Waals surface area (Å²) in [6, 6.07) is 3.92. The van der Waals surface area contributed by atoms with Crippen LogP contribution in [0.25, 0.3) is 17.0 Å². The second-order valence-corrected chi connectivity index (χ2v) is 4.75. The fourth-order valence-corrected chi connectivity index (χ4v) is 2.14. The lowest BCUT2D eigenvalue weighted by molar-refractivity contribution is 0.949. The van der Waals surface area contributed by atoms with Crippen LogP contribution < -0.4 is 0 Å². The molecule has 0 unspecified atom stereocenters. The third-order valence-corrected chi connectivity index (χ3v) is 3.20. The number of nitrogens with zero attached hydrogens (tertiary/aromatic N) is 5. The Morgan fingerprint density at radius 2 is 2.18 bits per heavy atom. The SMILES string of the molecule is Cc1cnnc(-c2ccn3c(I)cnc3c2)n1. The summed E-state index contributed by atoms with van der Waals surface area (Å²) in [6.45, 7) is 1.90. The number of pyridine rings is 1. The van der Waals surface area contributed by atoms with Crippen LogP contribution in [0.1, 0.15) is 5.69 Å². The van der Waals surface area contributed by atoms with Crippen molar-refractivity contribution in [3.05, 3.63) is 40.1 Å². The van der Waals surface area contributed by atoms with Crippen LogP contribution in [0.4, 0.5) is 0 Å². The maximum atomic E-state index is 4.34. The van der Waals surface area contributed by atoms with Crippen LogP contribution in [-0.4, -0.2) is 24.6 Å². The maximum absolute atomic E-state index is 4.34. The molecule has 0 aliphatic rings. The molecule has 0 fully saturated rings. The van der Waals surface area contributed by atoms with Gasteiger partial charge in [0.25, 0.3) is 0 Å². The van der Waals surface area contributed by atoms with Gasteiger partial charge in [-0.2, -0.15) is 5.10 Å². The lowest BCUT2D eigenvalue weighted by Gasteiger charge is -2.01. The molecule has 0 N–H and O–H groups in total. The first kappa shape index (κ1) is 10.6. The van der Waals surface area contributed by atoms with E-state index < -0.39 is 0 Å². The predicted octanol–water partition coefficient (Wildman–Crippen LogP) is 2.10. The average Bonchev–Trinajstić information content (AvgIpc) is 2.71. The highest BCUT2D eigenvalue weighted by Crippen LogP contribution is 2.17. The van der Waals surface area contributed by atoms with E-state index in [-0.39, 0.29) is 0 Å². The van der Waals surface area contributed by atoms with Gasteiger partial charge in [0, 0.05) is 11.8 Å². The van der Waals surface area contributed by atoms with Gasteiger partial charge in [-0.05, 0) is 41.6 Å². The number of hydrogen-bond acceptors (Lipinski definition) is 4. The van der Waals surface area contributed by atoms with Gasteiger partial charge in [0.05, 0.1) is 18.1 Å². The van der Waals surface area contributed by atoms with Gasteiger partial charge in [0.1, 0.15) is 9.35 Å². The molecule has 5 nitrogen and oxygen atoms in total. The van der Waals surface area contributed by atoms with Gasteiger partial charge in [-0.15, -0.1) is 5.10 Å². The van der Waals surface area contributed by atoms with Crippen LogP contribution in [0.5, 0.6) is 0 Å². The number of hydrogen-bond donors (Lipinski definition) is 0. The summed E-state index contributed by atoms with van der Waals surface area (Å²) >= 11 is 2.24. The molecular weight excluding hydrogens is 329 g/mol. The third kappa shape index (κ3) is 1.88. The fourth-order valence-electron chi connectivity index (χ4n) is 1.60. The predicted molar refractivity (Wildman–Crippen MR) is 71.5 cm³/mol. The molecule has 84 valence electrons. The molecule has 0 atom stereocenters. The number of halogens is 1. The number of imidazole rings is 1. The van der Waals surface area contributed by atoms with Crippen molar-refractivity contribution in [1.29, 1.82) is 0 Å². The van der Waals surface area contributed by atoms with E-state index in [1.54, 1.807) is 6.20 Å². The van der Waals surface area contributed by atoms with Crippen LogP contribution >= 0.6 is 22.6 Å². The van der Waals surface area contributed by atoms with Gasteiger partial charge in [-0.3, -0.25) is 4.40 Å². The highest BCUT2D eigenvalue weighted by atomic mass is 127. The third-order valence-electron chi connectivity index (χ3n) is 2.41. The van der Waals surface area contributed by atoms with Crippen molar-refractivity contribution in [3.63, 3.8) is 0 Å². The molecule has 6 heteroatoms. The summed E-state index contributed by atoms with van der Waals surface area (Å²) in [5.74, 6) is 0.630. The monoisotopic (exact) mass is 337 g/mol. The summed E-state index contributed by atoms with van der Waals surface area (Å²) in [4.78, 5) is 8.65. The van der Waals surface area contributed by atoms with Crippen LogP contribution in [0.15, 0.2) is 30.7 Å². The Balaban J connectivity index is 2.18. The second kappa shape index (κ2) is 4.02. The van der Waals surface area contributed by atoms with Crippen molar-refractivity contribution in [2.75, 3.05) is 0 Å². The Labute approximate surface area is 111 Å². The normalized spacial score (nSPS) is 10.9. The van der Waals surface area contributed by atoms with E-state index >= 15 is 0 Å². The Hall–Kier alpha value is -1.57. The fraction of sp³-hybridized carbons (Fsp3) is 0.0909. The van der Waals surface area contributed by atoms with E-state index in [1.165, 1.54) is 0 Å². The van der Waals surface area contributed by atoms with Gasteiger partial charge in [-0.25, -0.2) is 9.97 Å². The summed E-state index contributed by atoms with van der Waals surface area (Å²) < 4.78 is 3.08. The molecule has 0 aromatic carbocycles. The van der Waals surface area contributed by atoms with Gasteiger partial charge < -0.3 is 0 Å². The number of rotatable bonds is 1. The zero-order valence-electron chi connectivity index (χ0n) is 9.00. The Kier molecular flexibility index (Phi) is 2.50. The van der Waals surface area contributed by atoms with E-state index in [1.807, 2.05) is 35.9 Å². The molecule has 0 amide bonds. The lowest BCUT2D eigenvalue weighted by atomic mass is 10.2. The highest BCUT2D eigenvalue weighted by molar-refractivity contribution is 14.1. The largest absolute Gasteiger partial charge is 0.295 e. The van der Waals surface area contributed by atoms with E-state index in [9.17, 15) is 0 Å². The number of aromatic nitrogens is 5. The molecular formula is C11H8IN5. The molecule has 0 saturated carbocycles. The van der Waals surface area contributed by atoms with Crippen molar-refractivity contribution in [1.82, 2.24) is 24.6 Å². The van der Waals surface area contributed by atoms with Crippen molar-refractivity contribution in [3.8, 4) is 11.4 Å². The molecule has 3 heterocycles. The molecule has 3 aromatic heterocycles. The van der Waals surface area contributed by atoms with E-state index in [0.717, 1.165) is 20.6 Å². The molecule has 0 radical (unpaired) electrons. The molecule has 3 rings (SSSR count). The first-order chi connectivity index (χ1) is 8.24. The highest BCUT2D eigenvalue weighted by Gasteiger charge is 2.05. The Morgan fingerprint density at radius 3 is 3.00 bits per heavy atom. The number of aryl methyl sites for hydroxylation is 1. The first-order valence-corrected chi connectivity index (χ1v) is 6.11. The van der Waals surface area contributed by atoms with Gasteiger partial charge in [0.2, 0.25) is 0 Å². The molecule has 0 spiro atoms. The number of fused-ring (bicyclic) bond motifs is 1. The summed E-state index contributed by atoms with van der Waals surface area (Å²) in [6.07, 6.45) is 5.43. The lowest BCUT2D eigenvalue weighted by Crippen LogP contribution is -1.95. The Morgan fingerprint density at radius 1 is 1.29 bits per heavy atom. The van der Waals surface area contributed by atoms with Crippen LogP contribution in [-0.2, 0) is 0 Å².